The molecule has 0 saturated heterocycles. The van der Waals surface area contributed by atoms with Crippen molar-refractivity contribution >= 4 is 28.4 Å². The van der Waals surface area contributed by atoms with Crippen LogP contribution in [0.3, 0.4) is 0 Å². The van der Waals surface area contributed by atoms with Gasteiger partial charge in [-0.3, -0.25) is 9.48 Å². The highest BCUT2D eigenvalue weighted by Crippen LogP contribution is 2.19. The van der Waals surface area contributed by atoms with Crippen molar-refractivity contribution in [1.29, 1.82) is 0 Å². The average molecular weight is 308 g/mol. The molecule has 1 heterocycles. The highest BCUT2D eigenvalue weighted by Gasteiger charge is 2.19. The number of hydrogen-bond acceptors (Lipinski definition) is 2. The molecule has 1 N–H and O–H groups in total. The molecule has 1 aromatic heterocycles. The smallest absolute Gasteiger partial charge is 0.272 e. The minimum absolute atomic E-state index is 0.0427. The average Bonchev–Trinajstić information content (AvgIpc) is 2.84. The molecule has 4 nitrogen and oxygen atoms in total. The molecule has 114 valence electrons. The molecule has 0 spiro atoms. The number of halogens is 1. The molecular formula is C16H22ClN3O. The minimum Gasteiger partial charge on any atom is -0.349 e. The van der Waals surface area contributed by atoms with Crippen LogP contribution in [-0.4, -0.2) is 27.6 Å². The Morgan fingerprint density at radius 3 is 2.67 bits per heavy atom. The van der Waals surface area contributed by atoms with Crippen LogP contribution in [0.25, 0.3) is 10.9 Å². The second-order valence-corrected chi connectivity index (χ2v) is 5.85. The molecule has 0 aliphatic rings. The fraction of sp³-hybridized carbons (Fsp3) is 0.500. The Labute approximate surface area is 130 Å². The van der Waals surface area contributed by atoms with E-state index in [1.807, 2.05) is 31.3 Å². The van der Waals surface area contributed by atoms with Crippen LogP contribution in [0.15, 0.2) is 24.3 Å². The molecule has 0 bridgehead atoms. The summed E-state index contributed by atoms with van der Waals surface area (Å²) in [6.45, 7) is 4.72. The number of fused-ring (bicyclic) bond motifs is 1. The van der Waals surface area contributed by atoms with Crippen LogP contribution in [0.5, 0.6) is 0 Å². The van der Waals surface area contributed by atoms with Gasteiger partial charge in [-0.2, -0.15) is 5.10 Å². The van der Waals surface area contributed by atoms with Gasteiger partial charge in [-0.1, -0.05) is 44.9 Å². The van der Waals surface area contributed by atoms with Crippen molar-refractivity contribution in [3.05, 3.63) is 30.0 Å². The first kappa shape index (κ1) is 15.8. The summed E-state index contributed by atoms with van der Waals surface area (Å²) in [5.74, 6) is 0.260. The summed E-state index contributed by atoms with van der Waals surface area (Å²) in [7, 11) is 1.84. The molecule has 0 aliphatic heterocycles. The lowest BCUT2D eigenvalue weighted by atomic mass is 9.99. The van der Waals surface area contributed by atoms with Gasteiger partial charge < -0.3 is 5.32 Å². The van der Waals surface area contributed by atoms with Crippen molar-refractivity contribution in [3.8, 4) is 0 Å². The molecule has 5 heteroatoms. The molecule has 1 aromatic carbocycles. The maximum atomic E-state index is 12.3. The predicted octanol–water partition coefficient (Wildman–Crippen LogP) is 3.35. The number of alkyl halides is 1. The largest absolute Gasteiger partial charge is 0.349 e. The molecule has 0 saturated carbocycles. The third-order valence-corrected chi connectivity index (χ3v) is 4.50. The van der Waals surface area contributed by atoms with E-state index in [0.717, 1.165) is 23.7 Å². The normalized spacial score (nSPS) is 12.8. The lowest BCUT2D eigenvalue weighted by Gasteiger charge is -2.19. The number of aromatic nitrogens is 2. The van der Waals surface area contributed by atoms with E-state index in [1.165, 1.54) is 0 Å². The predicted molar refractivity (Wildman–Crippen MR) is 86.8 cm³/mol. The zero-order chi connectivity index (χ0) is 15.4. The Morgan fingerprint density at radius 1 is 1.33 bits per heavy atom. The molecule has 1 unspecified atom stereocenters. The number of rotatable bonds is 6. The fourth-order valence-corrected chi connectivity index (χ4v) is 3.06. The Morgan fingerprint density at radius 2 is 2.00 bits per heavy atom. The van der Waals surface area contributed by atoms with Crippen LogP contribution in [0.1, 0.15) is 37.2 Å². The van der Waals surface area contributed by atoms with E-state index in [9.17, 15) is 4.79 Å². The van der Waals surface area contributed by atoms with Gasteiger partial charge in [0.15, 0.2) is 5.69 Å². The standard InChI is InChI=1S/C16H22ClN3O/c1-4-11(5-2)13(17)10-18-16(21)15-12-8-6-7-9-14(12)20(3)19-15/h6-9,11,13H,4-5,10H2,1-3H3,(H,18,21). The summed E-state index contributed by atoms with van der Waals surface area (Å²) in [4.78, 5) is 12.3. The van der Waals surface area contributed by atoms with Crippen molar-refractivity contribution < 1.29 is 4.79 Å². The van der Waals surface area contributed by atoms with Crippen LogP contribution in [0, 0.1) is 5.92 Å². The number of aryl methyl sites for hydroxylation is 1. The first-order valence-corrected chi connectivity index (χ1v) is 7.86. The van der Waals surface area contributed by atoms with E-state index in [4.69, 9.17) is 11.6 Å². The topological polar surface area (TPSA) is 46.9 Å². The zero-order valence-corrected chi connectivity index (χ0v) is 13.5. The van der Waals surface area contributed by atoms with Gasteiger partial charge in [-0.15, -0.1) is 11.6 Å². The van der Waals surface area contributed by atoms with E-state index in [0.29, 0.717) is 18.2 Å². The molecule has 0 fully saturated rings. The Hall–Kier alpha value is -1.55. The Kier molecular flexibility index (Phi) is 5.23. The van der Waals surface area contributed by atoms with Crippen molar-refractivity contribution in [2.75, 3.05) is 6.54 Å². The molecule has 0 aliphatic carbocycles. The molecule has 0 radical (unpaired) electrons. The number of nitrogens with zero attached hydrogens (tertiary/aromatic N) is 2. The quantitative estimate of drug-likeness (QED) is 0.832. The summed E-state index contributed by atoms with van der Waals surface area (Å²) < 4.78 is 1.73. The van der Waals surface area contributed by atoms with E-state index in [1.54, 1.807) is 4.68 Å². The number of hydrogen-bond donors (Lipinski definition) is 1. The highest BCUT2D eigenvalue weighted by molar-refractivity contribution is 6.21. The van der Waals surface area contributed by atoms with Gasteiger partial charge in [0.25, 0.3) is 5.91 Å². The highest BCUT2D eigenvalue weighted by atomic mass is 35.5. The monoisotopic (exact) mass is 307 g/mol. The molecule has 1 atom stereocenters. The summed E-state index contributed by atoms with van der Waals surface area (Å²) in [6, 6.07) is 7.72. The summed E-state index contributed by atoms with van der Waals surface area (Å²) in [5, 5.41) is 8.05. The number of carbonyl (C=O) groups is 1. The first-order chi connectivity index (χ1) is 10.1. The number of carbonyl (C=O) groups excluding carboxylic acids is 1. The van der Waals surface area contributed by atoms with Crippen LogP contribution >= 0.6 is 11.6 Å². The number of para-hydroxylation sites is 1. The number of nitrogens with one attached hydrogen (secondary N) is 1. The van der Waals surface area contributed by atoms with Crippen LogP contribution in [-0.2, 0) is 7.05 Å². The van der Waals surface area contributed by atoms with Gasteiger partial charge in [0.2, 0.25) is 0 Å². The van der Waals surface area contributed by atoms with Crippen molar-refractivity contribution in [2.45, 2.75) is 32.1 Å². The van der Waals surface area contributed by atoms with Crippen molar-refractivity contribution in [1.82, 2.24) is 15.1 Å². The number of amides is 1. The van der Waals surface area contributed by atoms with Gasteiger partial charge in [0.05, 0.1) is 10.9 Å². The number of benzene rings is 1. The van der Waals surface area contributed by atoms with Gasteiger partial charge in [0.1, 0.15) is 0 Å². The SMILES string of the molecule is CCC(CC)C(Cl)CNC(=O)c1nn(C)c2ccccc12. The van der Waals surface area contributed by atoms with Crippen molar-refractivity contribution in [3.63, 3.8) is 0 Å². The van der Waals surface area contributed by atoms with Crippen LogP contribution in [0.4, 0.5) is 0 Å². The maximum Gasteiger partial charge on any atom is 0.272 e. The van der Waals surface area contributed by atoms with E-state index < -0.39 is 0 Å². The maximum absolute atomic E-state index is 12.3. The van der Waals surface area contributed by atoms with Gasteiger partial charge in [0, 0.05) is 19.0 Å². The first-order valence-electron chi connectivity index (χ1n) is 7.42. The third kappa shape index (κ3) is 3.38. The Bertz CT molecular complexity index is 619. The summed E-state index contributed by atoms with van der Waals surface area (Å²) >= 11 is 6.36. The van der Waals surface area contributed by atoms with Gasteiger partial charge >= 0.3 is 0 Å². The lowest BCUT2D eigenvalue weighted by molar-refractivity contribution is 0.0947. The molecule has 21 heavy (non-hydrogen) atoms. The van der Waals surface area contributed by atoms with Crippen LogP contribution < -0.4 is 5.32 Å². The van der Waals surface area contributed by atoms with Crippen molar-refractivity contribution in [2.24, 2.45) is 13.0 Å². The van der Waals surface area contributed by atoms with Gasteiger partial charge in [-0.05, 0) is 12.0 Å². The molecule has 2 rings (SSSR count). The third-order valence-electron chi connectivity index (χ3n) is 3.99. The summed E-state index contributed by atoms with van der Waals surface area (Å²) in [5.41, 5.74) is 1.41. The van der Waals surface area contributed by atoms with Crippen LogP contribution in [0.2, 0.25) is 0 Å². The zero-order valence-electron chi connectivity index (χ0n) is 12.8. The van der Waals surface area contributed by atoms with E-state index in [2.05, 4.69) is 24.3 Å². The second-order valence-electron chi connectivity index (χ2n) is 5.29. The second kappa shape index (κ2) is 6.94. The molecule has 1 amide bonds. The Balaban J connectivity index is 2.09. The lowest BCUT2D eigenvalue weighted by Crippen LogP contribution is -2.33. The summed E-state index contributed by atoms with van der Waals surface area (Å²) in [6.07, 6.45) is 2.04. The molecular weight excluding hydrogens is 286 g/mol. The van der Waals surface area contributed by atoms with E-state index >= 15 is 0 Å². The minimum atomic E-state index is -0.164. The van der Waals surface area contributed by atoms with Gasteiger partial charge in [-0.25, -0.2) is 0 Å². The molecule has 2 aromatic rings. The fourth-order valence-electron chi connectivity index (χ4n) is 2.62. The van der Waals surface area contributed by atoms with E-state index in [-0.39, 0.29) is 11.3 Å².